The summed E-state index contributed by atoms with van der Waals surface area (Å²) in [7, 11) is 0. The van der Waals surface area contributed by atoms with Gasteiger partial charge in [0, 0.05) is 39.6 Å². The first kappa shape index (κ1) is 20.2. The molecule has 0 amide bonds. The van der Waals surface area contributed by atoms with Gasteiger partial charge >= 0.3 is 5.97 Å². The van der Waals surface area contributed by atoms with E-state index in [1.54, 1.807) is 30.7 Å². The Morgan fingerprint density at radius 2 is 1.93 bits per heavy atom. The molecule has 3 rings (SSSR count). The largest absolute Gasteiger partial charge is 0.457 e. The van der Waals surface area contributed by atoms with Gasteiger partial charge < -0.3 is 9.30 Å². The highest BCUT2D eigenvalue weighted by atomic mass is 35.5. The maximum Gasteiger partial charge on any atom is 0.331 e. The highest BCUT2D eigenvalue weighted by molar-refractivity contribution is 6.36. The molecule has 0 bridgehead atoms. The monoisotopic (exact) mass is 414 g/mol. The van der Waals surface area contributed by atoms with Crippen molar-refractivity contribution >= 4 is 35.2 Å². The van der Waals surface area contributed by atoms with E-state index in [0.717, 1.165) is 22.4 Å². The molecule has 0 N–H and O–H groups in total. The van der Waals surface area contributed by atoms with Crippen LogP contribution in [0.15, 0.2) is 61.2 Å². The average Bonchev–Trinajstić information content (AvgIpc) is 3.12. The molecule has 2 aromatic carbocycles. The van der Waals surface area contributed by atoms with E-state index in [-0.39, 0.29) is 0 Å². The van der Waals surface area contributed by atoms with Gasteiger partial charge in [0.25, 0.3) is 0 Å². The van der Waals surface area contributed by atoms with Crippen LogP contribution >= 0.6 is 23.2 Å². The second-order valence-electron chi connectivity index (χ2n) is 7.20. The maximum atomic E-state index is 12.1. The Hall–Kier alpha value is -2.56. The fourth-order valence-electron chi connectivity index (χ4n) is 2.79. The fraction of sp³-hybridized carbons (Fsp3) is 0.182. The van der Waals surface area contributed by atoms with Crippen molar-refractivity contribution in [2.45, 2.75) is 26.4 Å². The Morgan fingerprint density at radius 1 is 1.14 bits per heavy atom. The molecule has 0 radical (unpaired) electrons. The quantitative estimate of drug-likeness (QED) is 0.376. The Labute approximate surface area is 174 Å². The minimum atomic E-state index is -0.548. The minimum absolute atomic E-state index is 0.404. The molecule has 1 heterocycles. The SMILES string of the molecule is CC(C)(C)OC(=O)C=Cc1cccc(-c2ccc(Cl)cc2Cl)c1-n1ccnc1. The molecule has 0 saturated carbocycles. The number of halogens is 2. The van der Waals surface area contributed by atoms with Gasteiger partial charge in [0.15, 0.2) is 0 Å². The summed E-state index contributed by atoms with van der Waals surface area (Å²) in [5.41, 5.74) is 2.86. The van der Waals surface area contributed by atoms with Crippen molar-refractivity contribution in [1.82, 2.24) is 9.55 Å². The van der Waals surface area contributed by atoms with Crippen molar-refractivity contribution in [3.05, 3.63) is 76.8 Å². The molecule has 0 unspecified atom stereocenters. The number of ether oxygens (including phenoxy) is 1. The summed E-state index contributed by atoms with van der Waals surface area (Å²) in [6.45, 7) is 5.50. The van der Waals surface area contributed by atoms with Crippen molar-refractivity contribution in [3.8, 4) is 16.8 Å². The van der Waals surface area contributed by atoms with Crippen molar-refractivity contribution in [2.24, 2.45) is 0 Å². The minimum Gasteiger partial charge on any atom is -0.457 e. The number of rotatable bonds is 4. The van der Waals surface area contributed by atoms with Gasteiger partial charge in [-0.05, 0) is 44.5 Å². The molecule has 0 saturated heterocycles. The summed E-state index contributed by atoms with van der Waals surface area (Å²) in [6.07, 6.45) is 8.40. The second kappa shape index (κ2) is 8.21. The molecular weight excluding hydrogens is 395 g/mol. The molecule has 4 nitrogen and oxygen atoms in total. The lowest BCUT2D eigenvalue weighted by molar-refractivity contribution is -0.148. The summed E-state index contributed by atoms with van der Waals surface area (Å²) in [6, 6.07) is 11.2. The zero-order chi connectivity index (χ0) is 20.3. The van der Waals surface area contributed by atoms with Gasteiger partial charge in [0.05, 0.1) is 12.0 Å². The molecule has 0 spiro atoms. The number of para-hydroxylation sites is 1. The summed E-state index contributed by atoms with van der Waals surface area (Å²) in [5.74, 6) is -0.404. The van der Waals surface area contributed by atoms with Gasteiger partial charge in [-0.3, -0.25) is 0 Å². The van der Waals surface area contributed by atoms with E-state index in [1.165, 1.54) is 6.08 Å². The molecule has 28 heavy (non-hydrogen) atoms. The van der Waals surface area contributed by atoms with Gasteiger partial charge in [0.1, 0.15) is 5.60 Å². The van der Waals surface area contributed by atoms with Gasteiger partial charge in [-0.15, -0.1) is 0 Å². The molecule has 6 heteroatoms. The van der Waals surface area contributed by atoms with E-state index in [0.29, 0.717) is 10.0 Å². The standard InChI is InChI=1S/C22H20Cl2N2O2/c1-22(2,3)28-20(27)10-7-15-5-4-6-18(21(15)26-12-11-25-14-26)17-9-8-16(23)13-19(17)24/h4-14H,1-3H3. The molecular formula is C22H20Cl2N2O2. The normalized spacial score (nSPS) is 11.8. The number of carbonyl (C=O) groups is 1. The van der Waals surface area contributed by atoms with Crippen LogP contribution in [0.2, 0.25) is 10.0 Å². The van der Waals surface area contributed by atoms with E-state index in [1.807, 2.05) is 55.8 Å². The van der Waals surface area contributed by atoms with Crippen LogP contribution in [0.3, 0.4) is 0 Å². The number of hydrogen-bond acceptors (Lipinski definition) is 3. The molecule has 0 aliphatic carbocycles. The summed E-state index contributed by atoms with van der Waals surface area (Å²) in [4.78, 5) is 16.3. The van der Waals surface area contributed by atoms with Crippen LogP contribution in [0.1, 0.15) is 26.3 Å². The van der Waals surface area contributed by atoms with Crippen LogP contribution in [-0.2, 0) is 9.53 Å². The first-order valence-electron chi connectivity index (χ1n) is 8.72. The smallest absolute Gasteiger partial charge is 0.331 e. The second-order valence-corrected chi connectivity index (χ2v) is 8.05. The van der Waals surface area contributed by atoms with Crippen LogP contribution < -0.4 is 0 Å². The van der Waals surface area contributed by atoms with Gasteiger partial charge in [-0.1, -0.05) is 47.5 Å². The third kappa shape index (κ3) is 4.83. The number of carbonyl (C=O) groups excluding carboxylic acids is 1. The fourth-order valence-corrected chi connectivity index (χ4v) is 3.30. The van der Waals surface area contributed by atoms with Crippen LogP contribution in [0.5, 0.6) is 0 Å². The summed E-state index contributed by atoms with van der Waals surface area (Å²) < 4.78 is 7.24. The van der Waals surface area contributed by atoms with E-state index in [4.69, 9.17) is 27.9 Å². The highest BCUT2D eigenvalue weighted by Gasteiger charge is 2.16. The van der Waals surface area contributed by atoms with Gasteiger partial charge in [-0.25, -0.2) is 9.78 Å². The average molecular weight is 415 g/mol. The van der Waals surface area contributed by atoms with E-state index in [2.05, 4.69) is 4.98 Å². The number of aromatic nitrogens is 2. The first-order chi connectivity index (χ1) is 13.2. The number of nitrogens with zero attached hydrogens (tertiary/aromatic N) is 2. The van der Waals surface area contributed by atoms with Crippen molar-refractivity contribution < 1.29 is 9.53 Å². The van der Waals surface area contributed by atoms with Gasteiger partial charge in [0.2, 0.25) is 0 Å². The van der Waals surface area contributed by atoms with E-state index >= 15 is 0 Å². The van der Waals surface area contributed by atoms with Crippen LogP contribution in [0.4, 0.5) is 0 Å². The van der Waals surface area contributed by atoms with E-state index in [9.17, 15) is 4.79 Å². The number of benzene rings is 2. The summed E-state index contributed by atoms with van der Waals surface area (Å²) in [5, 5.41) is 1.11. The molecule has 3 aromatic rings. The molecule has 0 atom stereocenters. The highest BCUT2D eigenvalue weighted by Crippen LogP contribution is 2.36. The lowest BCUT2D eigenvalue weighted by Gasteiger charge is -2.18. The molecule has 1 aromatic heterocycles. The Bertz CT molecular complexity index is 1020. The van der Waals surface area contributed by atoms with Gasteiger partial charge in [-0.2, -0.15) is 0 Å². The topological polar surface area (TPSA) is 44.1 Å². The molecule has 0 fully saturated rings. The predicted molar refractivity (Wildman–Crippen MR) is 114 cm³/mol. The van der Waals surface area contributed by atoms with Crippen molar-refractivity contribution in [3.63, 3.8) is 0 Å². The van der Waals surface area contributed by atoms with Crippen molar-refractivity contribution in [2.75, 3.05) is 0 Å². The number of hydrogen-bond donors (Lipinski definition) is 0. The van der Waals surface area contributed by atoms with Crippen LogP contribution in [-0.4, -0.2) is 21.1 Å². The van der Waals surface area contributed by atoms with Crippen LogP contribution in [0.25, 0.3) is 22.9 Å². The zero-order valence-electron chi connectivity index (χ0n) is 15.8. The molecule has 0 aliphatic rings. The Kier molecular flexibility index (Phi) is 5.92. The Balaban J connectivity index is 2.10. The zero-order valence-corrected chi connectivity index (χ0v) is 17.3. The van der Waals surface area contributed by atoms with Crippen molar-refractivity contribution in [1.29, 1.82) is 0 Å². The van der Waals surface area contributed by atoms with Crippen LogP contribution in [0, 0.1) is 0 Å². The number of esters is 1. The Morgan fingerprint density at radius 3 is 2.57 bits per heavy atom. The number of imidazole rings is 1. The third-order valence-electron chi connectivity index (χ3n) is 3.86. The first-order valence-corrected chi connectivity index (χ1v) is 9.48. The lowest BCUT2D eigenvalue weighted by Crippen LogP contribution is -2.22. The molecule has 0 aliphatic heterocycles. The maximum absolute atomic E-state index is 12.1. The van der Waals surface area contributed by atoms with E-state index < -0.39 is 11.6 Å². The summed E-state index contributed by atoms with van der Waals surface area (Å²) >= 11 is 12.5. The lowest BCUT2D eigenvalue weighted by atomic mass is 9.99. The molecule has 144 valence electrons. The third-order valence-corrected chi connectivity index (χ3v) is 4.40. The predicted octanol–water partition coefficient (Wildman–Crippen LogP) is 6.20.